The first-order valence-electron chi connectivity index (χ1n) is 3.45. The smallest absolute Gasteiger partial charge is 0.111 e. The van der Waals surface area contributed by atoms with E-state index in [9.17, 15) is 5.21 Å². The zero-order valence-electron chi connectivity index (χ0n) is 5.72. The fourth-order valence-electron chi connectivity index (χ4n) is 1.04. The van der Waals surface area contributed by atoms with Crippen molar-refractivity contribution in [1.82, 2.24) is 0 Å². The first kappa shape index (κ1) is 6.99. The van der Waals surface area contributed by atoms with Crippen LogP contribution in [0.2, 0.25) is 0 Å². The van der Waals surface area contributed by atoms with E-state index in [0.717, 1.165) is 6.42 Å². The lowest BCUT2D eigenvalue weighted by Crippen LogP contribution is -3.13. The average Bonchev–Trinajstić information content (AvgIpc) is 1.89. The second kappa shape index (κ2) is 3.15. The highest BCUT2D eigenvalue weighted by Crippen LogP contribution is 1.90. The lowest BCUT2D eigenvalue weighted by atomic mass is 10.2. The summed E-state index contributed by atoms with van der Waals surface area (Å²) in [4.78, 5) is 0. The van der Waals surface area contributed by atoms with Gasteiger partial charge >= 0.3 is 0 Å². The molecule has 1 aliphatic heterocycles. The van der Waals surface area contributed by atoms with Crippen LogP contribution in [-0.4, -0.2) is 25.8 Å². The van der Waals surface area contributed by atoms with Gasteiger partial charge in [0.2, 0.25) is 0 Å². The SMILES string of the molecule is CCC1COCC[NH+]1[O-]. The minimum absolute atomic E-state index is 0.193. The molecule has 0 amide bonds. The predicted molar refractivity (Wildman–Crippen MR) is 34.1 cm³/mol. The Labute approximate surface area is 55.2 Å². The van der Waals surface area contributed by atoms with E-state index in [1.807, 2.05) is 6.92 Å². The van der Waals surface area contributed by atoms with Crippen LogP contribution >= 0.6 is 0 Å². The van der Waals surface area contributed by atoms with Crippen LogP contribution in [0.5, 0.6) is 0 Å². The van der Waals surface area contributed by atoms with E-state index >= 15 is 0 Å². The van der Waals surface area contributed by atoms with Crippen molar-refractivity contribution in [3.63, 3.8) is 0 Å². The van der Waals surface area contributed by atoms with Crippen LogP contribution < -0.4 is 5.06 Å². The van der Waals surface area contributed by atoms with Gasteiger partial charge in [0.25, 0.3) is 0 Å². The summed E-state index contributed by atoms with van der Waals surface area (Å²) in [6.07, 6.45) is 0.929. The van der Waals surface area contributed by atoms with E-state index in [4.69, 9.17) is 4.74 Å². The Hall–Kier alpha value is -0.120. The van der Waals surface area contributed by atoms with E-state index in [2.05, 4.69) is 0 Å². The molecule has 1 fully saturated rings. The van der Waals surface area contributed by atoms with Gasteiger partial charge in [-0.3, -0.25) is 0 Å². The molecule has 1 saturated heterocycles. The Balaban J connectivity index is 2.30. The van der Waals surface area contributed by atoms with Crippen LogP contribution in [0.15, 0.2) is 0 Å². The Bertz CT molecular complexity index is 87.1. The molecule has 1 N–H and O–H groups in total. The molecule has 0 aromatic rings. The molecular weight excluding hydrogens is 118 g/mol. The highest BCUT2D eigenvalue weighted by Gasteiger charge is 2.17. The number of quaternary nitrogens is 1. The number of hydrogen-bond donors (Lipinski definition) is 1. The number of nitrogens with one attached hydrogen (secondary N) is 1. The monoisotopic (exact) mass is 131 g/mol. The summed E-state index contributed by atoms with van der Waals surface area (Å²) in [7, 11) is 0. The summed E-state index contributed by atoms with van der Waals surface area (Å²) in [5.74, 6) is 0. The van der Waals surface area contributed by atoms with Crippen LogP contribution in [0.4, 0.5) is 0 Å². The van der Waals surface area contributed by atoms with Gasteiger partial charge in [0, 0.05) is 0 Å². The first-order valence-corrected chi connectivity index (χ1v) is 3.45. The van der Waals surface area contributed by atoms with Crippen LogP contribution in [0.3, 0.4) is 0 Å². The topological polar surface area (TPSA) is 36.7 Å². The number of morpholine rings is 1. The minimum atomic E-state index is 0.193. The summed E-state index contributed by atoms with van der Waals surface area (Å²) in [5.41, 5.74) is 0. The molecular formula is C6H13NO2. The van der Waals surface area contributed by atoms with Gasteiger partial charge in [-0.2, -0.15) is 0 Å². The fourth-order valence-corrected chi connectivity index (χ4v) is 1.04. The third-order valence-electron chi connectivity index (χ3n) is 1.76. The highest BCUT2D eigenvalue weighted by atomic mass is 16.5. The molecule has 0 bridgehead atoms. The van der Waals surface area contributed by atoms with Gasteiger partial charge in [-0.25, -0.2) is 0 Å². The van der Waals surface area contributed by atoms with Gasteiger partial charge in [-0.15, -0.1) is 0 Å². The van der Waals surface area contributed by atoms with E-state index in [0.29, 0.717) is 24.8 Å². The molecule has 1 rings (SSSR count). The maximum absolute atomic E-state index is 10.9. The Morgan fingerprint density at radius 2 is 2.56 bits per heavy atom. The van der Waals surface area contributed by atoms with Gasteiger partial charge in [0.15, 0.2) is 0 Å². The Kier molecular flexibility index (Phi) is 2.45. The second-order valence-corrected chi connectivity index (χ2v) is 2.40. The number of ether oxygens (including phenoxy) is 1. The van der Waals surface area contributed by atoms with Crippen molar-refractivity contribution in [2.75, 3.05) is 19.8 Å². The van der Waals surface area contributed by atoms with E-state index in [1.54, 1.807) is 0 Å². The maximum atomic E-state index is 10.9. The molecule has 2 atom stereocenters. The summed E-state index contributed by atoms with van der Waals surface area (Å²) in [5, 5.41) is 11.3. The fraction of sp³-hybridized carbons (Fsp3) is 1.00. The molecule has 0 aliphatic carbocycles. The summed E-state index contributed by atoms with van der Waals surface area (Å²) >= 11 is 0. The molecule has 54 valence electrons. The van der Waals surface area contributed by atoms with Crippen molar-refractivity contribution in [3.8, 4) is 0 Å². The molecule has 0 spiro atoms. The highest BCUT2D eigenvalue weighted by molar-refractivity contribution is 4.55. The van der Waals surface area contributed by atoms with Crippen LogP contribution in [0, 0.1) is 5.21 Å². The molecule has 1 heterocycles. The van der Waals surface area contributed by atoms with Crippen LogP contribution in [0.25, 0.3) is 0 Å². The van der Waals surface area contributed by atoms with Crippen molar-refractivity contribution in [3.05, 3.63) is 5.21 Å². The minimum Gasteiger partial charge on any atom is -0.634 e. The zero-order chi connectivity index (χ0) is 6.69. The van der Waals surface area contributed by atoms with Crippen molar-refractivity contribution >= 4 is 0 Å². The third kappa shape index (κ3) is 1.64. The largest absolute Gasteiger partial charge is 0.634 e. The molecule has 1 aliphatic rings. The van der Waals surface area contributed by atoms with Gasteiger partial charge in [-0.1, -0.05) is 6.92 Å². The van der Waals surface area contributed by atoms with Crippen molar-refractivity contribution in [2.45, 2.75) is 19.4 Å². The van der Waals surface area contributed by atoms with Crippen molar-refractivity contribution < 1.29 is 9.80 Å². The van der Waals surface area contributed by atoms with Crippen LogP contribution in [0.1, 0.15) is 13.3 Å². The third-order valence-corrected chi connectivity index (χ3v) is 1.76. The van der Waals surface area contributed by atoms with Gasteiger partial charge in [-0.05, 0) is 6.42 Å². The lowest BCUT2D eigenvalue weighted by Gasteiger charge is -2.34. The molecule has 3 heteroatoms. The summed E-state index contributed by atoms with van der Waals surface area (Å²) < 4.78 is 5.12. The lowest BCUT2D eigenvalue weighted by molar-refractivity contribution is -0.885. The summed E-state index contributed by atoms with van der Waals surface area (Å²) in [6.45, 7) is 3.93. The maximum Gasteiger partial charge on any atom is 0.111 e. The number of hydrogen-bond acceptors (Lipinski definition) is 2. The molecule has 0 saturated carbocycles. The Morgan fingerprint density at radius 3 is 3.00 bits per heavy atom. The average molecular weight is 131 g/mol. The molecule has 0 aromatic carbocycles. The predicted octanol–water partition coefficient (Wildman–Crippen LogP) is -0.822. The number of rotatable bonds is 1. The molecule has 9 heavy (non-hydrogen) atoms. The van der Waals surface area contributed by atoms with Crippen molar-refractivity contribution in [2.24, 2.45) is 0 Å². The quantitative estimate of drug-likeness (QED) is 0.472. The normalized spacial score (nSPS) is 36.7. The van der Waals surface area contributed by atoms with Crippen molar-refractivity contribution in [1.29, 1.82) is 0 Å². The van der Waals surface area contributed by atoms with Gasteiger partial charge in [0.1, 0.15) is 12.6 Å². The number of hydroxylamine groups is 2. The second-order valence-electron chi connectivity index (χ2n) is 2.40. The zero-order valence-corrected chi connectivity index (χ0v) is 5.72. The van der Waals surface area contributed by atoms with E-state index in [1.165, 1.54) is 0 Å². The van der Waals surface area contributed by atoms with E-state index < -0.39 is 0 Å². The molecule has 0 radical (unpaired) electrons. The molecule has 0 aromatic heterocycles. The first-order chi connectivity index (χ1) is 4.34. The Morgan fingerprint density at radius 1 is 1.78 bits per heavy atom. The molecule has 2 unspecified atom stereocenters. The molecule has 3 nitrogen and oxygen atoms in total. The van der Waals surface area contributed by atoms with Gasteiger partial charge < -0.3 is 15.0 Å². The van der Waals surface area contributed by atoms with Crippen LogP contribution in [-0.2, 0) is 4.74 Å². The standard InChI is InChI=1S/C6H13NO2/c1-2-6-5-9-4-3-7(6)8/h6-7H,2-5H2,1H3. The van der Waals surface area contributed by atoms with E-state index in [-0.39, 0.29) is 6.04 Å². The van der Waals surface area contributed by atoms with Gasteiger partial charge in [0.05, 0.1) is 13.2 Å². The summed E-state index contributed by atoms with van der Waals surface area (Å²) in [6, 6.07) is 0.193.